The lowest BCUT2D eigenvalue weighted by Gasteiger charge is -2.30. The van der Waals surface area contributed by atoms with Gasteiger partial charge in [-0.25, -0.2) is 0 Å². The van der Waals surface area contributed by atoms with Crippen LogP contribution in [0.4, 0.5) is 10.7 Å². The molecule has 0 saturated heterocycles. The van der Waals surface area contributed by atoms with Gasteiger partial charge in [0.1, 0.15) is 10.9 Å². The Morgan fingerprint density at radius 2 is 2.00 bits per heavy atom. The number of nitrogens with zero attached hydrogens (tertiary/aromatic N) is 2. The fourth-order valence-electron chi connectivity index (χ4n) is 2.00. The van der Waals surface area contributed by atoms with Crippen molar-refractivity contribution in [3.05, 3.63) is 10.9 Å². The molecule has 1 aromatic heterocycles. The average Bonchev–Trinajstić information content (AvgIpc) is 2.64. The van der Waals surface area contributed by atoms with Crippen molar-refractivity contribution in [2.75, 3.05) is 24.1 Å². The van der Waals surface area contributed by atoms with E-state index < -0.39 is 0 Å². The zero-order valence-electron chi connectivity index (χ0n) is 11.5. The number of anilines is 2. The molecule has 1 rings (SSSR count). The van der Waals surface area contributed by atoms with Crippen molar-refractivity contribution in [2.24, 2.45) is 0 Å². The van der Waals surface area contributed by atoms with E-state index in [9.17, 15) is 0 Å². The monoisotopic (exact) mass is 266 g/mol. The highest BCUT2D eigenvalue weighted by Crippen LogP contribution is 2.27. The molecule has 5 heteroatoms. The minimum Gasteiger partial charge on any atom is -0.397 e. The fourth-order valence-corrected chi connectivity index (χ4v) is 2.80. The van der Waals surface area contributed by atoms with Crippen molar-refractivity contribution < 1.29 is 0 Å². The van der Waals surface area contributed by atoms with Gasteiger partial charge in [-0.05, 0) is 33.8 Å². The lowest BCUT2D eigenvalue weighted by atomic mass is 10.2. The van der Waals surface area contributed by atoms with Gasteiger partial charge in [0.15, 0.2) is 0 Å². The molecule has 0 aliphatic carbocycles. The Labute approximate surface area is 113 Å². The van der Waals surface area contributed by atoms with Gasteiger partial charge in [0.05, 0.1) is 10.7 Å². The van der Waals surface area contributed by atoms with E-state index in [0.717, 1.165) is 18.1 Å². The maximum Gasteiger partial charge on any atom is 0.129 e. The standard InChI is InChI=1S/C13H22N4S/c1-9(2)17(10(3)4)6-5-16-13-7-11(15)12(8-14)18-13/h7,9-10,16H,5-6,15H2,1-4H3. The molecule has 0 aliphatic rings. The molecule has 1 aromatic rings. The maximum atomic E-state index is 8.84. The number of rotatable bonds is 6. The first kappa shape index (κ1) is 14.8. The van der Waals surface area contributed by atoms with Crippen molar-refractivity contribution >= 4 is 22.0 Å². The molecule has 0 amide bonds. The summed E-state index contributed by atoms with van der Waals surface area (Å²) in [6.45, 7) is 10.7. The number of thiophene rings is 1. The molecule has 0 unspecified atom stereocenters. The lowest BCUT2D eigenvalue weighted by Crippen LogP contribution is -2.40. The Morgan fingerprint density at radius 3 is 2.44 bits per heavy atom. The van der Waals surface area contributed by atoms with E-state index >= 15 is 0 Å². The van der Waals surface area contributed by atoms with Gasteiger partial charge >= 0.3 is 0 Å². The third-order valence-corrected chi connectivity index (χ3v) is 3.87. The molecule has 100 valence electrons. The second-order valence-corrected chi connectivity index (χ2v) is 5.91. The molecule has 1 heterocycles. The first-order chi connectivity index (χ1) is 8.45. The SMILES string of the molecule is CC(C)N(CCNc1cc(N)c(C#N)s1)C(C)C. The van der Waals surface area contributed by atoms with E-state index in [1.807, 2.05) is 6.07 Å². The van der Waals surface area contributed by atoms with Crippen LogP contribution < -0.4 is 11.1 Å². The molecular weight excluding hydrogens is 244 g/mol. The topological polar surface area (TPSA) is 65.1 Å². The number of nitrogens with two attached hydrogens (primary N) is 1. The first-order valence-electron chi connectivity index (χ1n) is 6.24. The first-order valence-corrected chi connectivity index (χ1v) is 7.06. The Hall–Kier alpha value is -1.25. The summed E-state index contributed by atoms with van der Waals surface area (Å²) in [6, 6.07) is 5.00. The van der Waals surface area contributed by atoms with Gasteiger partial charge in [0, 0.05) is 25.2 Å². The summed E-state index contributed by atoms with van der Waals surface area (Å²) >= 11 is 1.41. The molecule has 3 N–H and O–H groups in total. The summed E-state index contributed by atoms with van der Waals surface area (Å²) in [7, 11) is 0. The van der Waals surface area contributed by atoms with Crippen LogP contribution in [0.25, 0.3) is 0 Å². The van der Waals surface area contributed by atoms with Crippen LogP contribution in [0.5, 0.6) is 0 Å². The molecule has 0 radical (unpaired) electrons. The molecule has 4 nitrogen and oxygen atoms in total. The Bertz CT molecular complexity index is 409. The van der Waals surface area contributed by atoms with Crippen molar-refractivity contribution in [2.45, 2.75) is 39.8 Å². The quantitative estimate of drug-likeness (QED) is 0.831. The Kier molecular flexibility index (Phi) is 5.45. The van der Waals surface area contributed by atoms with Crippen LogP contribution in [0.2, 0.25) is 0 Å². The normalized spacial score (nSPS) is 11.2. The lowest BCUT2D eigenvalue weighted by molar-refractivity contribution is 0.182. The summed E-state index contributed by atoms with van der Waals surface area (Å²) in [5, 5.41) is 13.1. The summed E-state index contributed by atoms with van der Waals surface area (Å²) in [5.41, 5.74) is 6.28. The number of nitrogen functional groups attached to an aromatic ring is 1. The van der Waals surface area contributed by atoms with Crippen LogP contribution in [0.15, 0.2) is 6.07 Å². The number of nitriles is 1. The van der Waals surface area contributed by atoms with Gasteiger partial charge in [0.25, 0.3) is 0 Å². The Balaban J connectivity index is 2.48. The molecule has 0 aliphatic heterocycles. The van der Waals surface area contributed by atoms with E-state index in [1.165, 1.54) is 11.3 Å². The highest BCUT2D eigenvalue weighted by Gasteiger charge is 2.12. The largest absolute Gasteiger partial charge is 0.397 e. The molecule has 0 atom stereocenters. The second kappa shape index (κ2) is 6.62. The smallest absolute Gasteiger partial charge is 0.129 e. The zero-order chi connectivity index (χ0) is 13.7. The average molecular weight is 266 g/mol. The van der Waals surface area contributed by atoms with Crippen LogP contribution in [0.3, 0.4) is 0 Å². The fraction of sp³-hybridized carbons (Fsp3) is 0.615. The van der Waals surface area contributed by atoms with Crippen LogP contribution in [0.1, 0.15) is 32.6 Å². The number of hydrogen-bond acceptors (Lipinski definition) is 5. The van der Waals surface area contributed by atoms with Gasteiger partial charge in [-0.3, -0.25) is 4.90 Å². The molecule has 0 bridgehead atoms. The predicted molar refractivity (Wildman–Crippen MR) is 78.9 cm³/mol. The summed E-state index contributed by atoms with van der Waals surface area (Å²) in [4.78, 5) is 3.01. The minimum absolute atomic E-state index is 0.537. The number of nitrogens with one attached hydrogen (secondary N) is 1. The van der Waals surface area contributed by atoms with Crippen molar-refractivity contribution in [1.29, 1.82) is 5.26 Å². The van der Waals surface area contributed by atoms with Gasteiger partial charge in [-0.1, -0.05) is 0 Å². The third kappa shape index (κ3) is 3.90. The van der Waals surface area contributed by atoms with Gasteiger partial charge < -0.3 is 11.1 Å². The molecule has 0 saturated carbocycles. The van der Waals surface area contributed by atoms with E-state index in [-0.39, 0.29) is 0 Å². The maximum absolute atomic E-state index is 8.84. The van der Waals surface area contributed by atoms with Crippen molar-refractivity contribution in [1.82, 2.24) is 4.90 Å². The van der Waals surface area contributed by atoms with Crippen molar-refractivity contribution in [3.8, 4) is 6.07 Å². The molecule has 0 aromatic carbocycles. The van der Waals surface area contributed by atoms with Gasteiger partial charge in [-0.2, -0.15) is 5.26 Å². The number of hydrogen-bond donors (Lipinski definition) is 2. The van der Waals surface area contributed by atoms with E-state index in [2.05, 4.69) is 44.0 Å². The van der Waals surface area contributed by atoms with Crippen LogP contribution in [-0.2, 0) is 0 Å². The summed E-state index contributed by atoms with van der Waals surface area (Å²) in [6.07, 6.45) is 0. The van der Waals surface area contributed by atoms with Crippen LogP contribution in [0, 0.1) is 11.3 Å². The molecule has 0 fully saturated rings. The molecule has 18 heavy (non-hydrogen) atoms. The van der Waals surface area contributed by atoms with Gasteiger partial charge in [0.2, 0.25) is 0 Å². The van der Waals surface area contributed by atoms with E-state index in [1.54, 1.807) is 0 Å². The third-order valence-electron chi connectivity index (χ3n) is 2.86. The van der Waals surface area contributed by atoms with Crippen LogP contribution >= 0.6 is 11.3 Å². The summed E-state index contributed by atoms with van der Waals surface area (Å²) in [5.74, 6) is 0. The predicted octanol–water partition coefficient (Wildman–Crippen LogP) is 2.73. The van der Waals surface area contributed by atoms with E-state index in [0.29, 0.717) is 22.6 Å². The molecular formula is C13H22N4S. The zero-order valence-corrected chi connectivity index (χ0v) is 12.3. The van der Waals surface area contributed by atoms with Crippen LogP contribution in [-0.4, -0.2) is 30.1 Å². The minimum atomic E-state index is 0.537. The van der Waals surface area contributed by atoms with Gasteiger partial charge in [-0.15, -0.1) is 11.3 Å². The highest BCUT2D eigenvalue weighted by atomic mass is 32.1. The highest BCUT2D eigenvalue weighted by molar-refractivity contribution is 7.17. The van der Waals surface area contributed by atoms with Crippen molar-refractivity contribution in [3.63, 3.8) is 0 Å². The Morgan fingerprint density at radius 1 is 1.39 bits per heavy atom. The molecule has 0 spiro atoms. The summed E-state index contributed by atoms with van der Waals surface area (Å²) < 4.78 is 0. The second-order valence-electron chi connectivity index (χ2n) is 4.86. The van der Waals surface area contributed by atoms with E-state index in [4.69, 9.17) is 11.0 Å².